The summed E-state index contributed by atoms with van der Waals surface area (Å²) in [4.78, 5) is 30.2. The Labute approximate surface area is 145 Å². The van der Waals surface area contributed by atoms with Gasteiger partial charge in [0.15, 0.2) is 0 Å². The number of amides is 2. The molecule has 0 spiro atoms. The number of hydrogen-bond acceptors (Lipinski definition) is 3. The highest BCUT2D eigenvalue weighted by Gasteiger charge is 2.22. The zero-order chi connectivity index (χ0) is 17.5. The first-order valence-electron chi connectivity index (χ1n) is 8.77. The van der Waals surface area contributed by atoms with Gasteiger partial charge in [-0.3, -0.25) is 9.59 Å². The fraction of sp³-hybridized carbons (Fsp3) is 0.579. The van der Waals surface area contributed by atoms with Crippen molar-refractivity contribution < 1.29 is 9.59 Å². The molecule has 0 saturated heterocycles. The molecule has 1 aliphatic heterocycles. The number of carbonyl (C=O) groups is 2. The SMILES string of the molecule is CC(=O)N(CCCN(C)C)CCC(=O)N1CCCc2ccccc21. The Hall–Kier alpha value is -1.88. The largest absolute Gasteiger partial charge is 0.342 e. The van der Waals surface area contributed by atoms with Gasteiger partial charge in [-0.2, -0.15) is 0 Å². The van der Waals surface area contributed by atoms with Crippen molar-refractivity contribution in [2.75, 3.05) is 45.2 Å². The van der Waals surface area contributed by atoms with Crippen molar-refractivity contribution in [3.05, 3.63) is 29.8 Å². The second-order valence-electron chi connectivity index (χ2n) is 6.69. The smallest absolute Gasteiger partial charge is 0.228 e. The number of carbonyl (C=O) groups excluding carboxylic acids is 2. The molecule has 132 valence electrons. The molecule has 0 bridgehead atoms. The third-order valence-corrected chi connectivity index (χ3v) is 4.49. The van der Waals surface area contributed by atoms with E-state index < -0.39 is 0 Å². The van der Waals surface area contributed by atoms with Crippen molar-refractivity contribution in [1.82, 2.24) is 9.80 Å². The van der Waals surface area contributed by atoms with Gasteiger partial charge in [0.1, 0.15) is 0 Å². The summed E-state index contributed by atoms with van der Waals surface area (Å²) >= 11 is 0. The van der Waals surface area contributed by atoms with Gasteiger partial charge in [-0.15, -0.1) is 0 Å². The molecule has 1 heterocycles. The van der Waals surface area contributed by atoms with Crippen LogP contribution in [0.3, 0.4) is 0 Å². The summed E-state index contributed by atoms with van der Waals surface area (Å²) in [5.74, 6) is 0.154. The summed E-state index contributed by atoms with van der Waals surface area (Å²) in [6.45, 7) is 4.50. The molecule has 2 rings (SSSR count). The highest BCUT2D eigenvalue weighted by Crippen LogP contribution is 2.27. The third-order valence-electron chi connectivity index (χ3n) is 4.49. The van der Waals surface area contributed by atoms with E-state index in [-0.39, 0.29) is 11.8 Å². The second kappa shape index (κ2) is 8.83. The summed E-state index contributed by atoms with van der Waals surface area (Å²) in [5.41, 5.74) is 2.28. The van der Waals surface area contributed by atoms with Crippen LogP contribution in [0.5, 0.6) is 0 Å². The number of para-hydroxylation sites is 1. The van der Waals surface area contributed by atoms with Crippen LogP contribution < -0.4 is 4.90 Å². The molecule has 0 aromatic heterocycles. The number of nitrogens with zero attached hydrogens (tertiary/aromatic N) is 3. The van der Waals surface area contributed by atoms with E-state index in [2.05, 4.69) is 11.0 Å². The average molecular weight is 331 g/mol. The lowest BCUT2D eigenvalue weighted by molar-refractivity contribution is -0.129. The minimum atomic E-state index is 0.0422. The zero-order valence-electron chi connectivity index (χ0n) is 15.1. The fourth-order valence-corrected chi connectivity index (χ4v) is 3.16. The van der Waals surface area contributed by atoms with Crippen LogP contribution in [0.1, 0.15) is 31.7 Å². The molecule has 0 saturated carbocycles. The standard InChI is InChI=1S/C19H29N3O2/c1-16(23)21(13-7-12-20(2)3)15-11-19(24)22-14-6-9-17-8-4-5-10-18(17)22/h4-5,8,10H,6-7,9,11-15H2,1-3H3. The van der Waals surface area contributed by atoms with E-state index in [4.69, 9.17) is 0 Å². The lowest BCUT2D eigenvalue weighted by atomic mass is 10.0. The van der Waals surface area contributed by atoms with Gasteiger partial charge >= 0.3 is 0 Å². The van der Waals surface area contributed by atoms with E-state index >= 15 is 0 Å². The van der Waals surface area contributed by atoms with Gasteiger partial charge in [0.05, 0.1) is 0 Å². The number of anilines is 1. The molecule has 0 N–H and O–H groups in total. The Kier molecular flexibility index (Phi) is 6.79. The van der Waals surface area contributed by atoms with Gasteiger partial charge in [-0.1, -0.05) is 18.2 Å². The highest BCUT2D eigenvalue weighted by atomic mass is 16.2. The Balaban J connectivity index is 1.90. The van der Waals surface area contributed by atoms with Crippen LogP contribution in [0.4, 0.5) is 5.69 Å². The van der Waals surface area contributed by atoms with Crippen LogP contribution in [0.25, 0.3) is 0 Å². The number of aryl methyl sites for hydroxylation is 1. The van der Waals surface area contributed by atoms with E-state index in [0.717, 1.165) is 38.0 Å². The van der Waals surface area contributed by atoms with Crippen molar-refractivity contribution in [3.8, 4) is 0 Å². The molecule has 24 heavy (non-hydrogen) atoms. The van der Waals surface area contributed by atoms with Crippen molar-refractivity contribution in [2.24, 2.45) is 0 Å². The van der Waals surface area contributed by atoms with Gasteiger partial charge < -0.3 is 14.7 Å². The number of fused-ring (bicyclic) bond motifs is 1. The van der Waals surface area contributed by atoms with Crippen molar-refractivity contribution >= 4 is 17.5 Å². The van der Waals surface area contributed by atoms with E-state index in [0.29, 0.717) is 19.5 Å². The molecule has 5 heteroatoms. The predicted octanol–water partition coefficient (Wildman–Crippen LogP) is 2.16. The van der Waals surface area contributed by atoms with Crippen LogP contribution in [0.2, 0.25) is 0 Å². The molecule has 0 fully saturated rings. The molecule has 1 aromatic carbocycles. The van der Waals surface area contributed by atoms with Crippen LogP contribution in [-0.2, 0) is 16.0 Å². The molecule has 0 radical (unpaired) electrons. The van der Waals surface area contributed by atoms with E-state index in [1.54, 1.807) is 11.8 Å². The normalized spacial score (nSPS) is 13.8. The first-order chi connectivity index (χ1) is 11.5. The summed E-state index contributed by atoms with van der Waals surface area (Å²) in [7, 11) is 4.05. The lowest BCUT2D eigenvalue weighted by Crippen LogP contribution is -2.39. The third kappa shape index (κ3) is 5.06. The topological polar surface area (TPSA) is 43.9 Å². The van der Waals surface area contributed by atoms with Crippen molar-refractivity contribution in [3.63, 3.8) is 0 Å². The molecule has 1 aromatic rings. The molecule has 5 nitrogen and oxygen atoms in total. The van der Waals surface area contributed by atoms with Crippen LogP contribution in [0, 0.1) is 0 Å². The Bertz CT molecular complexity index is 571. The summed E-state index contributed by atoms with van der Waals surface area (Å²) in [5, 5.41) is 0. The van der Waals surface area contributed by atoms with Gasteiger partial charge in [-0.25, -0.2) is 0 Å². The van der Waals surface area contributed by atoms with E-state index in [9.17, 15) is 9.59 Å². The summed E-state index contributed by atoms with van der Waals surface area (Å²) in [6.07, 6.45) is 3.34. The predicted molar refractivity (Wildman–Crippen MR) is 97.2 cm³/mol. The number of rotatable bonds is 7. The maximum absolute atomic E-state index is 12.6. The van der Waals surface area contributed by atoms with Gasteiger partial charge in [0, 0.05) is 38.7 Å². The quantitative estimate of drug-likeness (QED) is 0.769. The van der Waals surface area contributed by atoms with E-state index in [1.807, 2.05) is 37.2 Å². The van der Waals surface area contributed by atoms with Crippen LogP contribution in [0.15, 0.2) is 24.3 Å². The summed E-state index contributed by atoms with van der Waals surface area (Å²) in [6, 6.07) is 8.12. The molecule has 0 unspecified atom stereocenters. The minimum Gasteiger partial charge on any atom is -0.342 e. The highest BCUT2D eigenvalue weighted by molar-refractivity contribution is 5.94. The molecule has 0 atom stereocenters. The Morgan fingerprint density at radius 2 is 1.88 bits per heavy atom. The molecular formula is C19H29N3O2. The lowest BCUT2D eigenvalue weighted by Gasteiger charge is -2.30. The number of benzene rings is 1. The Morgan fingerprint density at radius 3 is 2.58 bits per heavy atom. The van der Waals surface area contributed by atoms with Crippen LogP contribution >= 0.6 is 0 Å². The minimum absolute atomic E-state index is 0.0422. The van der Waals surface area contributed by atoms with Gasteiger partial charge in [-0.05, 0) is 51.5 Å². The van der Waals surface area contributed by atoms with Gasteiger partial charge in [0.2, 0.25) is 11.8 Å². The maximum Gasteiger partial charge on any atom is 0.228 e. The first-order valence-corrected chi connectivity index (χ1v) is 8.77. The number of hydrogen-bond donors (Lipinski definition) is 0. The fourth-order valence-electron chi connectivity index (χ4n) is 3.16. The van der Waals surface area contributed by atoms with Crippen LogP contribution in [-0.4, -0.2) is 61.9 Å². The monoisotopic (exact) mass is 331 g/mol. The Morgan fingerprint density at radius 1 is 1.12 bits per heavy atom. The molecular weight excluding hydrogens is 302 g/mol. The second-order valence-corrected chi connectivity index (χ2v) is 6.69. The molecule has 2 amide bonds. The molecule has 0 aliphatic carbocycles. The average Bonchev–Trinajstić information content (AvgIpc) is 2.56. The van der Waals surface area contributed by atoms with Crippen molar-refractivity contribution in [1.29, 1.82) is 0 Å². The molecule has 1 aliphatic rings. The first kappa shape index (κ1) is 18.5. The summed E-state index contributed by atoms with van der Waals surface area (Å²) < 4.78 is 0. The maximum atomic E-state index is 12.6. The van der Waals surface area contributed by atoms with Gasteiger partial charge in [0.25, 0.3) is 0 Å². The zero-order valence-corrected chi connectivity index (χ0v) is 15.1. The van der Waals surface area contributed by atoms with Crippen molar-refractivity contribution in [2.45, 2.75) is 32.6 Å². The van der Waals surface area contributed by atoms with E-state index in [1.165, 1.54) is 5.56 Å².